The number of amides is 2. The van der Waals surface area contributed by atoms with Gasteiger partial charge < -0.3 is 11.1 Å². The Labute approximate surface area is 112 Å². The zero-order chi connectivity index (χ0) is 14.8. The molecule has 0 atom stereocenters. The summed E-state index contributed by atoms with van der Waals surface area (Å²) in [6.45, 7) is 7.49. The van der Waals surface area contributed by atoms with E-state index in [1.165, 1.54) is 10.9 Å². The Morgan fingerprint density at radius 3 is 2.47 bits per heavy atom. The molecule has 8 nitrogen and oxygen atoms in total. The quantitative estimate of drug-likeness (QED) is 0.738. The topological polar surface area (TPSA) is 119 Å². The summed E-state index contributed by atoms with van der Waals surface area (Å²) < 4.78 is 27.2. The second-order valence-corrected chi connectivity index (χ2v) is 6.69. The van der Waals surface area contributed by atoms with Gasteiger partial charge in [-0.25, -0.2) is 17.9 Å². The van der Waals surface area contributed by atoms with Crippen LogP contribution in [0.4, 0.5) is 10.6 Å². The average Bonchev–Trinajstić information content (AvgIpc) is 2.56. The number of aryl methyl sites for hydroxylation is 1. The molecule has 1 aromatic heterocycles. The number of hydrogen-bond donors (Lipinski definition) is 3. The van der Waals surface area contributed by atoms with E-state index in [4.69, 9.17) is 5.73 Å². The van der Waals surface area contributed by atoms with Crippen LogP contribution >= 0.6 is 0 Å². The van der Waals surface area contributed by atoms with Gasteiger partial charge in [0.15, 0.2) is 5.82 Å². The van der Waals surface area contributed by atoms with Crippen LogP contribution in [0.15, 0.2) is 11.1 Å². The summed E-state index contributed by atoms with van der Waals surface area (Å²) in [5, 5.41) is 6.31. The number of nitrogens with zero attached hydrogens (tertiary/aromatic N) is 2. The van der Waals surface area contributed by atoms with Gasteiger partial charge in [-0.05, 0) is 27.7 Å². The standard InChI is InChI=1S/C10H19N5O3S/c1-5-15-6-7(8(11)13-15)19(17,18)14-9(16)12-10(2,3)4/h6H,5H2,1-4H3,(H2,11,13)(H2,12,14,16). The van der Waals surface area contributed by atoms with E-state index in [-0.39, 0.29) is 10.7 Å². The molecule has 4 N–H and O–H groups in total. The highest BCUT2D eigenvalue weighted by atomic mass is 32.2. The Balaban J connectivity index is 2.92. The maximum atomic E-state index is 12.0. The zero-order valence-electron chi connectivity index (χ0n) is 11.4. The number of carbonyl (C=O) groups is 1. The fraction of sp³-hybridized carbons (Fsp3) is 0.600. The van der Waals surface area contributed by atoms with E-state index in [1.54, 1.807) is 27.7 Å². The molecule has 19 heavy (non-hydrogen) atoms. The number of carbonyl (C=O) groups excluding carboxylic acids is 1. The minimum absolute atomic E-state index is 0.141. The largest absolute Gasteiger partial charge is 0.381 e. The summed E-state index contributed by atoms with van der Waals surface area (Å²) in [6.07, 6.45) is 1.28. The molecule has 0 aromatic carbocycles. The van der Waals surface area contributed by atoms with E-state index in [0.29, 0.717) is 6.54 Å². The minimum atomic E-state index is -4.02. The number of nitrogens with one attached hydrogen (secondary N) is 2. The summed E-state index contributed by atoms with van der Waals surface area (Å²) in [5.41, 5.74) is 4.98. The van der Waals surface area contributed by atoms with Gasteiger partial charge in [0.25, 0.3) is 10.0 Å². The molecule has 108 valence electrons. The van der Waals surface area contributed by atoms with Crippen LogP contribution in [0.3, 0.4) is 0 Å². The molecular weight excluding hydrogens is 270 g/mol. The van der Waals surface area contributed by atoms with Gasteiger partial charge >= 0.3 is 6.03 Å². The molecule has 0 unspecified atom stereocenters. The van der Waals surface area contributed by atoms with Crippen molar-refractivity contribution in [1.82, 2.24) is 19.8 Å². The third-order valence-electron chi connectivity index (χ3n) is 2.08. The number of nitrogens with two attached hydrogens (primary N) is 1. The smallest absolute Gasteiger partial charge is 0.329 e. The van der Waals surface area contributed by atoms with Gasteiger partial charge in [-0.2, -0.15) is 5.10 Å². The van der Waals surface area contributed by atoms with Gasteiger partial charge in [0.1, 0.15) is 4.90 Å². The average molecular weight is 289 g/mol. The molecule has 0 bridgehead atoms. The minimum Gasteiger partial charge on any atom is -0.381 e. The molecular formula is C10H19N5O3S. The van der Waals surface area contributed by atoms with Crippen LogP contribution in [0.2, 0.25) is 0 Å². The predicted octanol–water partition coefficient (Wildman–Crippen LogP) is 0.272. The van der Waals surface area contributed by atoms with E-state index in [0.717, 1.165) is 0 Å². The van der Waals surface area contributed by atoms with Gasteiger partial charge in [-0.3, -0.25) is 4.68 Å². The predicted molar refractivity (Wildman–Crippen MR) is 70.9 cm³/mol. The summed E-state index contributed by atoms with van der Waals surface area (Å²) in [5.74, 6) is -0.141. The number of anilines is 1. The van der Waals surface area contributed by atoms with E-state index < -0.39 is 21.6 Å². The number of sulfonamides is 1. The number of aromatic nitrogens is 2. The Morgan fingerprint density at radius 2 is 2.05 bits per heavy atom. The van der Waals surface area contributed by atoms with Crippen LogP contribution in [-0.2, 0) is 16.6 Å². The van der Waals surface area contributed by atoms with Crippen LogP contribution in [0.5, 0.6) is 0 Å². The van der Waals surface area contributed by atoms with Crippen molar-refractivity contribution in [3.63, 3.8) is 0 Å². The van der Waals surface area contributed by atoms with Gasteiger partial charge in [-0.1, -0.05) is 0 Å². The maximum absolute atomic E-state index is 12.0. The lowest BCUT2D eigenvalue weighted by molar-refractivity contribution is 0.237. The van der Waals surface area contributed by atoms with Crippen molar-refractivity contribution >= 4 is 21.9 Å². The highest BCUT2D eigenvalue weighted by Gasteiger charge is 2.25. The molecule has 0 saturated heterocycles. The Kier molecular flexibility index (Phi) is 4.09. The lowest BCUT2D eigenvalue weighted by Crippen LogP contribution is -2.48. The van der Waals surface area contributed by atoms with Crippen molar-refractivity contribution in [2.45, 2.75) is 44.7 Å². The van der Waals surface area contributed by atoms with Crippen LogP contribution in [0.1, 0.15) is 27.7 Å². The zero-order valence-corrected chi connectivity index (χ0v) is 12.2. The second-order valence-electron chi connectivity index (χ2n) is 5.04. The highest BCUT2D eigenvalue weighted by molar-refractivity contribution is 7.90. The molecule has 0 spiro atoms. The van der Waals surface area contributed by atoms with Gasteiger partial charge in [0.2, 0.25) is 0 Å². The first-order valence-electron chi connectivity index (χ1n) is 5.73. The molecule has 0 aliphatic heterocycles. The monoisotopic (exact) mass is 289 g/mol. The SMILES string of the molecule is CCn1cc(S(=O)(=O)NC(=O)NC(C)(C)C)c(N)n1. The number of nitrogen functional groups attached to an aromatic ring is 1. The fourth-order valence-corrected chi connectivity index (χ4v) is 2.31. The lowest BCUT2D eigenvalue weighted by Gasteiger charge is -2.20. The maximum Gasteiger partial charge on any atom is 0.329 e. The molecule has 2 amide bonds. The van der Waals surface area contributed by atoms with Crippen LogP contribution in [0.25, 0.3) is 0 Å². The number of hydrogen-bond acceptors (Lipinski definition) is 5. The molecule has 0 radical (unpaired) electrons. The lowest BCUT2D eigenvalue weighted by atomic mass is 10.1. The van der Waals surface area contributed by atoms with E-state index in [9.17, 15) is 13.2 Å². The fourth-order valence-electron chi connectivity index (χ4n) is 1.33. The van der Waals surface area contributed by atoms with Crippen molar-refractivity contribution in [2.24, 2.45) is 0 Å². The Bertz CT molecular complexity index is 570. The van der Waals surface area contributed by atoms with E-state index in [1.807, 2.05) is 4.72 Å². The first kappa shape index (κ1) is 15.3. The summed E-state index contributed by atoms with van der Waals surface area (Å²) >= 11 is 0. The first-order valence-corrected chi connectivity index (χ1v) is 7.21. The molecule has 0 fully saturated rings. The van der Waals surface area contributed by atoms with Gasteiger partial charge in [0.05, 0.1) is 0 Å². The van der Waals surface area contributed by atoms with Crippen molar-refractivity contribution < 1.29 is 13.2 Å². The third kappa shape index (κ3) is 4.12. The van der Waals surface area contributed by atoms with Gasteiger partial charge in [0, 0.05) is 18.3 Å². The molecule has 9 heteroatoms. The van der Waals surface area contributed by atoms with Crippen LogP contribution < -0.4 is 15.8 Å². The summed E-state index contributed by atoms with van der Waals surface area (Å²) in [6, 6.07) is -0.809. The van der Waals surface area contributed by atoms with Crippen molar-refractivity contribution in [3.8, 4) is 0 Å². The highest BCUT2D eigenvalue weighted by Crippen LogP contribution is 2.15. The van der Waals surface area contributed by atoms with Crippen molar-refractivity contribution in [3.05, 3.63) is 6.20 Å². The molecule has 1 aromatic rings. The van der Waals surface area contributed by atoms with Crippen molar-refractivity contribution in [2.75, 3.05) is 5.73 Å². The molecule has 0 aliphatic rings. The Hall–Kier alpha value is -1.77. The van der Waals surface area contributed by atoms with Crippen molar-refractivity contribution in [1.29, 1.82) is 0 Å². The number of urea groups is 1. The van der Waals surface area contributed by atoms with Gasteiger partial charge in [-0.15, -0.1) is 0 Å². The van der Waals surface area contributed by atoms with Crippen LogP contribution in [-0.4, -0.2) is 29.8 Å². The van der Waals surface area contributed by atoms with E-state index in [2.05, 4.69) is 10.4 Å². The third-order valence-corrected chi connectivity index (χ3v) is 3.43. The number of rotatable bonds is 3. The van der Waals surface area contributed by atoms with E-state index >= 15 is 0 Å². The summed E-state index contributed by atoms with van der Waals surface area (Å²) in [7, 11) is -4.02. The molecule has 1 heterocycles. The molecule has 1 rings (SSSR count). The molecule has 0 saturated carbocycles. The summed E-state index contributed by atoms with van der Waals surface area (Å²) in [4.78, 5) is 11.4. The molecule has 0 aliphatic carbocycles. The second kappa shape index (κ2) is 5.08. The first-order chi connectivity index (χ1) is 8.55. The Morgan fingerprint density at radius 1 is 1.47 bits per heavy atom. The normalized spacial score (nSPS) is 12.2. The van der Waals surface area contributed by atoms with Crippen LogP contribution in [0, 0.1) is 0 Å².